The van der Waals surface area contributed by atoms with Crippen LogP contribution in [0, 0.1) is 0 Å². The second-order valence-corrected chi connectivity index (χ2v) is 5.33. The van der Waals surface area contributed by atoms with Gasteiger partial charge >= 0.3 is 0 Å². The Morgan fingerprint density at radius 3 is 3.06 bits per heavy atom. The van der Waals surface area contributed by atoms with Gasteiger partial charge in [-0.1, -0.05) is 11.6 Å². The lowest BCUT2D eigenvalue weighted by molar-refractivity contribution is 0.415. The van der Waals surface area contributed by atoms with Crippen LogP contribution in [0.15, 0.2) is 18.2 Å². The van der Waals surface area contributed by atoms with Crippen molar-refractivity contribution >= 4 is 17.3 Å². The van der Waals surface area contributed by atoms with E-state index >= 15 is 0 Å². The van der Waals surface area contributed by atoms with E-state index in [2.05, 4.69) is 17.6 Å². The first kappa shape index (κ1) is 13.5. The molecule has 0 amide bonds. The van der Waals surface area contributed by atoms with Crippen molar-refractivity contribution < 1.29 is 4.74 Å². The molecule has 0 radical (unpaired) electrons. The zero-order valence-electron chi connectivity index (χ0n) is 11.0. The van der Waals surface area contributed by atoms with E-state index in [9.17, 15) is 0 Å². The Balaban J connectivity index is 1.91. The van der Waals surface area contributed by atoms with E-state index in [0.29, 0.717) is 22.9 Å². The fourth-order valence-electron chi connectivity index (χ4n) is 2.48. The van der Waals surface area contributed by atoms with Crippen molar-refractivity contribution in [2.45, 2.75) is 38.3 Å². The Labute approximate surface area is 114 Å². The van der Waals surface area contributed by atoms with E-state index in [4.69, 9.17) is 16.3 Å². The molecule has 1 heterocycles. The highest BCUT2D eigenvalue weighted by Crippen LogP contribution is 2.28. The molecular weight excluding hydrogens is 248 g/mol. The molecule has 2 rings (SSSR count). The number of anilines is 1. The highest BCUT2D eigenvalue weighted by atomic mass is 35.5. The second-order valence-electron chi connectivity index (χ2n) is 4.92. The van der Waals surface area contributed by atoms with Crippen LogP contribution in [-0.2, 0) is 0 Å². The summed E-state index contributed by atoms with van der Waals surface area (Å²) >= 11 is 6.01. The maximum absolute atomic E-state index is 6.01. The molecule has 100 valence electrons. The second kappa shape index (κ2) is 6.30. The summed E-state index contributed by atoms with van der Waals surface area (Å²) < 4.78 is 5.22. The van der Waals surface area contributed by atoms with Gasteiger partial charge < -0.3 is 15.4 Å². The monoisotopic (exact) mass is 268 g/mol. The zero-order valence-corrected chi connectivity index (χ0v) is 11.8. The van der Waals surface area contributed by atoms with Crippen LogP contribution >= 0.6 is 11.6 Å². The van der Waals surface area contributed by atoms with Crippen LogP contribution in [-0.4, -0.2) is 25.7 Å². The van der Waals surface area contributed by atoms with Gasteiger partial charge in [0.15, 0.2) is 0 Å². The van der Waals surface area contributed by atoms with Crippen LogP contribution in [0.4, 0.5) is 5.69 Å². The molecular formula is C14H21ClN2O. The molecule has 2 atom stereocenters. The van der Waals surface area contributed by atoms with Crippen molar-refractivity contribution in [2.24, 2.45) is 0 Å². The quantitative estimate of drug-likeness (QED) is 0.860. The van der Waals surface area contributed by atoms with Crippen LogP contribution < -0.4 is 15.4 Å². The summed E-state index contributed by atoms with van der Waals surface area (Å²) in [6.45, 7) is 3.37. The van der Waals surface area contributed by atoms with Gasteiger partial charge in [-0.05, 0) is 44.9 Å². The van der Waals surface area contributed by atoms with Gasteiger partial charge in [0.1, 0.15) is 5.75 Å². The fourth-order valence-corrected chi connectivity index (χ4v) is 2.67. The molecule has 1 aromatic carbocycles. The average Bonchev–Trinajstić information content (AvgIpc) is 2.84. The van der Waals surface area contributed by atoms with Gasteiger partial charge in [-0.15, -0.1) is 0 Å². The molecule has 1 aromatic rings. The largest absolute Gasteiger partial charge is 0.495 e. The van der Waals surface area contributed by atoms with Crippen molar-refractivity contribution in [3.63, 3.8) is 0 Å². The number of rotatable bonds is 5. The van der Waals surface area contributed by atoms with E-state index in [1.807, 2.05) is 18.2 Å². The summed E-state index contributed by atoms with van der Waals surface area (Å²) in [5.74, 6) is 0.716. The molecule has 3 nitrogen and oxygen atoms in total. The van der Waals surface area contributed by atoms with Crippen LogP contribution in [0.5, 0.6) is 5.75 Å². The lowest BCUT2D eigenvalue weighted by Gasteiger charge is -2.19. The zero-order chi connectivity index (χ0) is 13.0. The van der Waals surface area contributed by atoms with Gasteiger partial charge in [-0.3, -0.25) is 0 Å². The third-order valence-corrected chi connectivity index (χ3v) is 3.68. The molecule has 0 bridgehead atoms. The minimum atomic E-state index is 0.437. The molecule has 2 unspecified atom stereocenters. The Morgan fingerprint density at radius 1 is 1.56 bits per heavy atom. The standard InChI is InChI=1S/C14H21ClN2O/c1-10(8-11-4-3-7-16-11)17-12-5-6-13(15)14(9-12)18-2/h5-6,9-11,16-17H,3-4,7-8H2,1-2H3. The predicted octanol–water partition coefficient (Wildman–Crippen LogP) is 3.29. The van der Waals surface area contributed by atoms with Crippen LogP contribution in [0.1, 0.15) is 26.2 Å². The van der Waals surface area contributed by atoms with E-state index in [1.165, 1.54) is 12.8 Å². The van der Waals surface area contributed by atoms with E-state index < -0.39 is 0 Å². The number of benzene rings is 1. The number of nitrogens with one attached hydrogen (secondary N) is 2. The minimum Gasteiger partial charge on any atom is -0.495 e. The van der Waals surface area contributed by atoms with Crippen LogP contribution in [0.25, 0.3) is 0 Å². The van der Waals surface area contributed by atoms with Gasteiger partial charge in [0, 0.05) is 23.8 Å². The highest BCUT2D eigenvalue weighted by molar-refractivity contribution is 6.32. The third kappa shape index (κ3) is 3.53. The Kier molecular flexibility index (Phi) is 4.72. The van der Waals surface area contributed by atoms with Crippen molar-refractivity contribution in [1.82, 2.24) is 5.32 Å². The summed E-state index contributed by atoms with van der Waals surface area (Å²) in [6.07, 6.45) is 3.73. The number of hydrogen-bond donors (Lipinski definition) is 2. The number of ether oxygens (including phenoxy) is 1. The number of halogens is 1. The molecule has 0 aliphatic carbocycles. The fraction of sp³-hybridized carbons (Fsp3) is 0.571. The summed E-state index contributed by atoms with van der Waals surface area (Å²) in [5, 5.41) is 7.66. The molecule has 0 saturated carbocycles. The van der Waals surface area contributed by atoms with Crippen molar-refractivity contribution in [2.75, 3.05) is 19.0 Å². The predicted molar refractivity (Wildman–Crippen MR) is 76.7 cm³/mol. The maximum Gasteiger partial charge on any atom is 0.139 e. The van der Waals surface area contributed by atoms with E-state index in [0.717, 1.165) is 18.7 Å². The lowest BCUT2D eigenvalue weighted by Crippen LogP contribution is -2.29. The first-order chi connectivity index (χ1) is 8.69. The highest BCUT2D eigenvalue weighted by Gasteiger charge is 2.17. The van der Waals surface area contributed by atoms with Gasteiger partial charge in [0.2, 0.25) is 0 Å². The average molecular weight is 269 g/mol. The first-order valence-corrected chi connectivity index (χ1v) is 6.90. The molecule has 1 aliphatic heterocycles. The molecule has 0 aromatic heterocycles. The molecule has 1 saturated heterocycles. The molecule has 0 spiro atoms. The van der Waals surface area contributed by atoms with Gasteiger partial charge in [0.25, 0.3) is 0 Å². The molecule has 1 aliphatic rings. The van der Waals surface area contributed by atoms with Gasteiger partial charge in [-0.2, -0.15) is 0 Å². The smallest absolute Gasteiger partial charge is 0.139 e. The Hall–Kier alpha value is -0.930. The lowest BCUT2D eigenvalue weighted by atomic mass is 10.1. The summed E-state index contributed by atoms with van der Waals surface area (Å²) in [7, 11) is 1.64. The molecule has 18 heavy (non-hydrogen) atoms. The normalized spacial score (nSPS) is 20.7. The third-order valence-electron chi connectivity index (χ3n) is 3.36. The maximum atomic E-state index is 6.01. The molecule has 1 fully saturated rings. The molecule has 4 heteroatoms. The van der Waals surface area contributed by atoms with Crippen molar-refractivity contribution in [3.05, 3.63) is 23.2 Å². The van der Waals surface area contributed by atoms with Crippen LogP contribution in [0.3, 0.4) is 0 Å². The van der Waals surface area contributed by atoms with Crippen LogP contribution in [0.2, 0.25) is 5.02 Å². The Bertz CT molecular complexity index is 391. The van der Waals surface area contributed by atoms with Gasteiger partial charge in [0.05, 0.1) is 12.1 Å². The summed E-state index contributed by atoms with van der Waals surface area (Å²) in [4.78, 5) is 0. The summed E-state index contributed by atoms with van der Waals surface area (Å²) in [5.41, 5.74) is 1.06. The number of hydrogen-bond acceptors (Lipinski definition) is 3. The van der Waals surface area contributed by atoms with Crippen molar-refractivity contribution in [1.29, 1.82) is 0 Å². The Morgan fingerprint density at radius 2 is 2.39 bits per heavy atom. The minimum absolute atomic E-state index is 0.437. The SMILES string of the molecule is COc1cc(NC(C)CC2CCCN2)ccc1Cl. The number of methoxy groups -OCH3 is 1. The van der Waals surface area contributed by atoms with E-state index in [1.54, 1.807) is 7.11 Å². The molecule has 2 N–H and O–H groups in total. The van der Waals surface area contributed by atoms with Crippen molar-refractivity contribution in [3.8, 4) is 5.75 Å². The summed E-state index contributed by atoms with van der Waals surface area (Å²) in [6, 6.07) is 6.89. The topological polar surface area (TPSA) is 33.3 Å². The first-order valence-electron chi connectivity index (χ1n) is 6.52. The van der Waals surface area contributed by atoms with Gasteiger partial charge in [-0.25, -0.2) is 0 Å². The van der Waals surface area contributed by atoms with E-state index in [-0.39, 0.29) is 0 Å².